The van der Waals surface area contributed by atoms with Crippen molar-refractivity contribution in [1.29, 1.82) is 0 Å². The van der Waals surface area contributed by atoms with Gasteiger partial charge in [-0.2, -0.15) is 0 Å². The highest BCUT2D eigenvalue weighted by Gasteiger charge is 2.13. The number of carbonyl (C=O) groups is 2. The van der Waals surface area contributed by atoms with E-state index in [9.17, 15) is 9.59 Å². The van der Waals surface area contributed by atoms with Gasteiger partial charge >= 0.3 is 6.09 Å². The Morgan fingerprint density at radius 3 is 3.14 bits per heavy atom. The molecule has 0 aromatic heterocycles. The Kier molecular flexibility index (Phi) is 4.92. The van der Waals surface area contributed by atoms with Crippen molar-refractivity contribution in [2.45, 2.75) is 31.8 Å². The third-order valence-electron chi connectivity index (χ3n) is 1.98. The molecule has 0 heterocycles. The summed E-state index contributed by atoms with van der Waals surface area (Å²) in [5.41, 5.74) is 0. The zero-order valence-electron chi connectivity index (χ0n) is 7.66. The van der Waals surface area contributed by atoms with E-state index in [1.807, 2.05) is 0 Å². The molecule has 1 rings (SSSR count). The molecular weight excluding hydrogens is 297 g/mol. The fourth-order valence-electron chi connectivity index (χ4n) is 1.31. The van der Waals surface area contributed by atoms with Crippen LogP contribution < -0.4 is 3.53 Å². The van der Waals surface area contributed by atoms with Crippen LogP contribution in [-0.2, 0) is 9.53 Å². The van der Waals surface area contributed by atoms with Crippen molar-refractivity contribution in [3.05, 3.63) is 12.2 Å². The fourth-order valence-corrected chi connectivity index (χ4v) is 1.44. The van der Waals surface area contributed by atoms with E-state index in [0.717, 1.165) is 6.42 Å². The van der Waals surface area contributed by atoms with E-state index in [2.05, 4.69) is 3.53 Å². The van der Waals surface area contributed by atoms with Gasteiger partial charge in [0.2, 0.25) is 0 Å². The highest BCUT2D eigenvalue weighted by atomic mass is 127. The maximum atomic E-state index is 11.0. The molecule has 0 saturated heterocycles. The summed E-state index contributed by atoms with van der Waals surface area (Å²) in [5, 5.41) is 0. The predicted octanol–water partition coefficient (Wildman–Crippen LogP) is 2.13. The topological polar surface area (TPSA) is 55.4 Å². The molecule has 0 aromatic carbocycles. The number of ether oxygens (including phenoxy) is 1. The summed E-state index contributed by atoms with van der Waals surface area (Å²) in [6, 6.07) is 0. The van der Waals surface area contributed by atoms with Crippen LogP contribution in [0.5, 0.6) is 0 Å². The molecule has 14 heavy (non-hydrogen) atoms. The van der Waals surface area contributed by atoms with Crippen molar-refractivity contribution < 1.29 is 14.3 Å². The molecule has 78 valence electrons. The number of amides is 1. The van der Waals surface area contributed by atoms with Crippen LogP contribution in [0.1, 0.15) is 25.7 Å². The van der Waals surface area contributed by atoms with Gasteiger partial charge in [-0.05, 0) is 18.9 Å². The van der Waals surface area contributed by atoms with Crippen molar-refractivity contribution in [2.75, 3.05) is 0 Å². The van der Waals surface area contributed by atoms with Gasteiger partial charge in [0.15, 0.2) is 0 Å². The maximum Gasteiger partial charge on any atom is 0.416 e. The number of hydrogen-bond donors (Lipinski definition) is 1. The normalized spacial score (nSPS) is 24.6. The quantitative estimate of drug-likeness (QED) is 0.459. The lowest BCUT2D eigenvalue weighted by atomic mass is 10.0. The van der Waals surface area contributed by atoms with Crippen molar-refractivity contribution in [3.8, 4) is 0 Å². The maximum absolute atomic E-state index is 11.0. The van der Waals surface area contributed by atoms with Gasteiger partial charge in [0.05, 0.1) is 22.9 Å². The number of nitrogens with one attached hydrogen (secondary N) is 1. The first-order valence-electron chi connectivity index (χ1n) is 4.48. The first-order valence-corrected chi connectivity index (χ1v) is 5.56. The zero-order valence-corrected chi connectivity index (χ0v) is 9.82. The Hall–Kier alpha value is -0.590. The SMILES string of the molecule is O=C1C/C=C/C(OC(=O)NI)CCC1. The molecule has 0 aromatic rings. The first-order chi connectivity index (χ1) is 6.72. The van der Waals surface area contributed by atoms with Gasteiger partial charge in [-0.15, -0.1) is 0 Å². The van der Waals surface area contributed by atoms with E-state index in [1.54, 1.807) is 35.0 Å². The van der Waals surface area contributed by atoms with Crippen molar-refractivity contribution in [3.63, 3.8) is 0 Å². The Labute approximate surface area is 96.6 Å². The Balaban J connectivity index is 2.45. The van der Waals surface area contributed by atoms with Crippen LogP contribution >= 0.6 is 22.9 Å². The van der Waals surface area contributed by atoms with Gasteiger partial charge in [0.25, 0.3) is 0 Å². The van der Waals surface area contributed by atoms with Crippen LogP contribution in [0, 0.1) is 0 Å². The van der Waals surface area contributed by atoms with E-state index in [0.29, 0.717) is 19.3 Å². The molecule has 0 bridgehead atoms. The van der Waals surface area contributed by atoms with E-state index in [4.69, 9.17) is 4.74 Å². The predicted molar refractivity (Wildman–Crippen MR) is 60.0 cm³/mol. The summed E-state index contributed by atoms with van der Waals surface area (Å²) in [4.78, 5) is 21.9. The van der Waals surface area contributed by atoms with Crippen LogP contribution in [0.25, 0.3) is 0 Å². The zero-order chi connectivity index (χ0) is 10.4. The Morgan fingerprint density at radius 1 is 1.64 bits per heavy atom. The average molecular weight is 309 g/mol. The standard InChI is InChI=1S/C9H12INO3/c10-11-9(13)14-8-5-1-3-7(12)4-2-6-8/h1,5,8H,2-4,6H2,(H,11,13)/b5-1+. The molecule has 0 fully saturated rings. The Bertz CT molecular complexity index is 252. The fraction of sp³-hybridized carbons (Fsp3) is 0.556. The number of rotatable bonds is 1. The number of carbonyl (C=O) groups excluding carboxylic acids is 2. The lowest BCUT2D eigenvalue weighted by Crippen LogP contribution is -2.22. The monoisotopic (exact) mass is 309 g/mol. The van der Waals surface area contributed by atoms with Gasteiger partial charge < -0.3 is 4.74 Å². The Morgan fingerprint density at radius 2 is 2.43 bits per heavy atom. The van der Waals surface area contributed by atoms with Crippen LogP contribution in [0.3, 0.4) is 0 Å². The lowest BCUT2D eigenvalue weighted by Gasteiger charge is -2.14. The number of allylic oxidation sites excluding steroid dienone is 1. The van der Waals surface area contributed by atoms with Crippen LogP contribution in [0.2, 0.25) is 0 Å². The largest absolute Gasteiger partial charge is 0.442 e. The van der Waals surface area contributed by atoms with Crippen molar-refractivity contribution in [1.82, 2.24) is 3.53 Å². The van der Waals surface area contributed by atoms with Gasteiger partial charge in [-0.3, -0.25) is 8.32 Å². The van der Waals surface area contributed by atoms with Crippen LogP contribution in [-0.4, -0.2) is 18.0 Å². The lowest BCUT2D eigenvalue weighted by molar-refractivity contribution is -0.118. The highest BCUT2D eigenvalue weighted by molar-refractivity contribution is 14.1. The average Bonchev–Trinajstić information content (AvgIpc) is 2.14. The first kappa shape index (κ1) is 11.5. The molecule has 0 radical (unpaired) electrons. The number of ketones is 1. The second kappa shape index (κ2) is 6.00. The van der Waals surface area contributed by atoms with Gasteiger partial charge in [-0.25, -0.2) is 4.79 Å². The molecule has 0 aliphatic heterocycles. The summed E-state index contributed by atoms with van der Waals surface area (Å²) in [7, 11) is 0. The molecule has 5 heteroatoms. The number of hydrogen-bond acceptors (Lipinski definition) is 3. The second-order valence-corrected chi connectivity index (χ2v) is 3.64. The molecule has 0 saturated carbocycles. The summed E-state index contributed by atoms with van der Waals surface area (Å²) in [5.74, 6) is 0.248. The van der Waals surface area contributed by atoms with E-state index < -0.39 is 6.09 Å². The van der Waals surface area contributed by atoms with Gasteiger partial charge in [0.1, 0.15) is 11.9 Å². The summed E-state index contributed by atoms with van der Waals surface area (Å²) in [6.45, 7) is 0. The van der Waals surface area contributed by atoms with E-state index in [1.165, 1.54) is 0 Å². The molecular formula is C9H12INO3. The minimum atomic E-state index is -0.438. The van der Waals surface area contributed by atoms with Gasteiger partial charge in [0, 0.05) is 12.8 Å². The molecule has 1 aliphatic rings. The number of Topliss-reactive ketones (excluding diaryl/α,β-unsaturated/α-hetero) is 1. The van der Waals surface area contributed by atoms with Crippen LogP contribution in [0.4, 0.5) is 4.79 Å². The number of halogens is 1. The molecule has 1 amide bonds. The molecule has 1 N–H and O–H groups in total. The van der Waals surface area contributed by atoms with E-state index >= 15 is 0 Å². The summed E-state index contributed by atoms with van der Waals surface area (Å²) in [6.07, 6.45) is 5.44. The molecule has 1 unspecified atom stereocenters. The highest BCUT2D eigenvalue weighted by Crippen LogP contribution is 2.12. The van der Waals surface area contributed by atoms with Gasteiger partial charge in [-0.1, -0.05) is 6.08 Å². The van der Waals surface area contributed by atoms with Crippen LogP contribution in [0.15, 0.2) is 12.2 Å². The van der Waals surface area contributed by atoms with E-state index in [-0.39, 0.29) is 11.9 Å². The third kappa shape index (κ3) is 4.08. The van der Waals surface area contributed by atoms with Crippen molar-refractivity contribution >= 4 is 34.7 Å². The minimum Gasteiger partial charge on any atom is -0.442 e. The summed E-state index contributed by atoms with van der Waals surface area (Å²) < 4.78 is 7.42. The smallest absolute Gasteiger partial charge is 0.416 e. The molecule has 1 aliphatic carbocycles. The molecule has 4 nitrogen and oxygen atoms in total. The van der Waals surface area contributed by atoms with Crippen molar-refractivity contribution in [2.24, 2.45) is 0 Å². The second-order valence-electron chi connectivity index (χ2n) is 3.10. The molecule has 0 spiro atoms. The summed E-state index contributed by atoms with van der Waals surface area (Å²) >= 11 is 1.73. The third-order valence-corrected chi connectivity index (χ3v) is 2.42. The molecule has 1 atom stereocenters. The minimum absolute atomic E-state index is 0.196.